The first-order chi connectivity index (χ1) is 11.1. The van der Waals surface area contributed by atoms with Gasteiger partial charge >= 0.3 is 6.03 Å². The van der Waals surface area contributed by atoms with Crippen molar-refractivity contribution in [2.45, 2.75) is 70.6 Å². The number of hydrogen-bond acceptors (Lipinski definition) is 4. The first-order valence-electron chi connectivity index (χ1n) is 8.82. The number of urea groups is 1. The summed E-state index contributed by atoms with van der Waals surface area (Å²) in [6.07, 6.45) is 6.28. The van der Waals surface area contributed by atoms with Crippen LogP contribution in [0.5, 0.6) is 0 Å². The molecule has 2 fully saturated rings. The highest BCUT2D eigenvalue weighted by atomic mass is 32.1. The zero-order valence-corrected chi connectivity index (χ0v) is 15.2. The monoisotopic (exact) mass is 336 g/mol. The summed E-state index contributed by atoms with van der Waals surface area (Å²) in [4.78, 5) is 21.7. The molecule has 1 aromatic heterocycles. The average Bonchev–Trinajstić information content (AvgIpc) is 3.12. The number of fused-ring (bicyclic) bond motifs is 2. The average molecular weight is 337 g/mol. The molecule has 3 heterocycles. The Balaban J connectivity index is 1.64. The lowest BCUT2D eigenvalue weighted by molar-refractivity contribution is 0.146. The van der Waals surface area contributed by atoms with E-state index in [1.165, 1.54) is 12.8 Å². The SMILES string of the molecule is CC[C@@H](NC(=O)N1CC[C@H]2CC[C@@H](C1)N2C(C)C)c1nccs1. The molecular formula is C17H28N4OS. The molecule has 0 unspecified atom stereocenters. The molecule has 0 aliphatic carbocycles. The molecule has 0 aromatic carbocycles. The lowest BCUT2D eigenvalue weighted by atomic mass is 10.1. The van der Waals surface area contributed by atoms with Crippen LogP contribution in [-0.4, -0.2) is 52.0 Å². The van der Waals surface area contributed by atoms with Crippen molar-refractivity contribution in [3.63, 3.8) is 0 Å². The summed E-state index contributed by atoms with van der Waals surface area (Å²) in [5.74, 6) is 0. The lowest BCUT2D eigenvalue weighted by Gasteiger charge is -2.32. The summed E-state index contributed by atoms with van der Waals surface area (Å²) in [6, 6.07) is 1.84. The van der Waals surface area contributed by atoms with Crippen molar-refractivity contribution in [2.75, 3.05) is 13.1 Å². The number of likely N-dealkylation sites (tertiary alicyclic amines) is 1. The van der Waals surface area contributed by atoms with Crippen LogP contribution in [0, 0.1) is 0 Å². The molecule has 3 rings (SSSR count). The lowest BCUT2D eigenvalue weighted by Crippen LogP contribution is -2.47. The Hall–Kier alpha value is -1.14. The molecule has 2 bridgehead atoms. The Labute approximate surface area is 143 Å². The molecule has 2 aliphatic rings. The molecule has 1 N–H and O–H groups in total. The van der Waals surface area contributed by atoms with E-state index in [4.69, 9.17) is 0 Å². The van der Waals surface area contributed by atoms with E-state index in [9.17, 15) is 4.79 Å². The molecule has 2 aliphatic heterocycles. The normalized spacial score (nSPS) is 26.3. The van der Waals surface area contributed by atoms with Crippen LogP contribution >= 0.6 is 11.3 Å². The standard InChI is InChI=1S/C17H28N4OS/c1-4-15(16-18-8-10-23-16)19-17(22)20-9-7-13-5-6-14(11-20)21(13)12(2)3/h8,10,12-15H,4-7,9,11H2,1-3H3,(H,19,22)/t13-,14+,15-/m1/s1. The predicted octanol–water partition coefficient (Wildman–Crippen LogP) is 3.25. The second-order valence-corrected chi connectivity index (χ2v) is 7.87. The molecule has 3 atom stereocenters. The second kappa shape index (κ2) is 7.18. The number of nitrogens with one attached hydrogen (secondary N) is 1. The molecule has 1 aromatic rings. The summed E-state index contributed by atoms with van der Waals surface area (Å²) < 4.78 is 0. The number of aromatic nitrogens is 1. The van der Waals surface area contributed by atoms with Gasteiger partial charge in [-0.3, -0.25) is 4.90 Å². The summed E-state index contributed by atoms with van der Waals surface area (Å²) in [7, 11) is 0. The number of rotatable bonds is 4. The third kappa shape index (κ3) is 3.53. The molecule has 23 heavy (non-hydrogen) atoms. The fourth-order valence-corrected chi connectivity index (χ4v) is 4.90. The van der Waals surface area contributed by atoms with Gasteiger partial charge in [-0.15, -0.1) is 11.3 Å². The minimum absolute atomic E-state index is 0.0316. The number of amides is 2. The van der Waals surface area contributed by atoms with Gasteiger partial charge in [-0.1, -0.05) is 6.92 Å². The van der Waals surface area contributed by atoms with E-state index in [2.05, 4.69) is 36.0 Å². The maximum Gasteiger partial charge on any atom is 0.318 e. The van der Waals surface area contributed by atoms with E-state index in [0.717, 1.165) is 30.9 Å². The largest absolute Gasteiger partial charge is 0.329 e. The summed E-state index contributed by atoms with van der Waals surface area (Å²) in [5, 5.41) is 6.16. The summed E-state index contributed by atoms with van der Waals surface area (Å²) in [6.45, 7) is 8.36. The first-order valence-corrected chi connectivity index (χ1v) is 9.70. The number of hydrogen-bond donors (Lipinski definition) is 1. The molecular weight excluding hydrogens is 308 g/mol. The van der Waals surface area contributed by atoms with Crippen LogP contribution in [0.15, 0.2) is 11.6 Å². The number of nitrogens with zero attached hydrogens (tertiary/aromatic N) is 3. The Bertz CT molecular complexity index is 519. The highest BCUT2D eigenvalue weighted by molar-refractivity contribution is 7.09. The van der Waals surface area contributed by atoms with Crippen molar-refractivity contribution in [1.29, 1.82) is 0 Å². The topological polar surface area (TPSA) is 48.5 Å². The van der Waals surface area contributed by atoms with Crippen LogP contribution in [0.2, 0.25) is 0 Å². The molecule has 0 radical (unpaired) electrons. The second-order valence-electron chi connectivity index (χ2n) is 6.94. The van der Waals surface area contributed by atoms with E-state index in [1.54, 1.807) is 17.5 Å². The molecule has 0 saturated carbocycles. The van der Waals surface area contributed by atoms with Gasteiger partial charge in [0.1, 0.15) is 5.01 Å². The summed E-state index contributed by atoms with van der Waals surface area (Å²) >= 11 is 1.61. The van der Waals surface area contributed by atoms with Crippen LogP contribution < -0.4 is 5.32 Å². The maximum absolute atomic E-state index is 12.7. The van der Waals surface area contributed by atoms with E-state index in [1.807, 2.05) is 10.3 Å². The van der Waals surface area contributed by atoms with Crippen molar-refractivity contribution >= 4 is 17.4 Å². The van der Waals surface area contributed by atoms with E-state index >= 15 is 0 Å². The molecule has 2 saturated heterocycles. The smallest absolute Gasteiger partial charge is 0.318 e. The van der Waals surface area contributed by atoms with Gasteiger partial charge in [0.05, 0.1) is 6.04 Å². The Kier molecular flexibility index (Phi) is 5.21. The number of carbonyl (C=O) groups is 1. The van der Waals surface area contributed by atoms with E-state index < -0.39 is 0 Å². The van der Waals surface area contributed by atoms with Crippen molar-refractivity contribution in [3.8, 4) is 0 Å². The van der Waals surface area contributed by atoms with E-state index in [-0.39, 0.29) is 12.1 Å². The third-order valence-corrected chi connectivity index (χ3v) is 6.07. The van der Waals surface area contributed by atoms with E-state index in [0.29, 0.717) is 18.1 Å². The predicted molar refractivity (Wildman–Crippen MR) is 93.7 cm³/mol. The first kappa shape index (κ1) is 16.7. The van der Waals surface area contributed by atoms with Gasteiger partial charge in [-0.05, 0) is 39.5 Å². The Morgan fingerprint density at radius 1 is 1.39 bits per heavy atom. The van der Waals surface area contributed by atoms with Gasteiger partial charge in [-0.25, -0.2) is 9.78 Å². The fourth-order valence-electron chi connectivity index (χ4n) is 4.12. The van der Waals surface area contributed by atoms with Crippen LogP contribution in [0.4, 0.5) is 4.79 Å². The van der Waals surface area contributed by atoms with Gasteiger partial charge in [0.2, 0.25) is 0 Å². The zero-order valence-electron chi connectivity index (χ0n) is 14.4. The van der Waals surface area contributed by atoms with Gasteiger partial charge < -0.3 is 10.2 Å². The van der Waals surface area contributed by atoms with Gasteiger partial charge in [0.25, 0.3) is 0 Å². The molecule has 5 nitrogen and oxygen atoms in total. The van der Waals surface area contributed by atoms with Crippen molar-refractivity contribution < 1.29 is 4.79 Å². The van der Waals surface area contributed by atoms with Gasteiger partial charge in [-0.2, -0.15) is 0 Å². The number of carbonyl (C=O) groups excluding carboxylic acids is 1. The van der Waals surface area contributed by atoms with Crippen LogP contribution in [0.1, 0.15) is 57.5 Å². The third-order valence-electron chi connectivity index (χ3n) is 5.18. The van der Waals surface area contributed by atoms with Crippen LogP contribution in [0.3, 0.4) is 0 Å². The molecule has 6 heteroatoms. The molecule has 2 amide bonds. The highest BCUT2D eigenvalue weighted by Crippen LogP contribution is 2.32. The zero-order chi connectivity index (χ0) is 16.4. The molecule has 128 valence electrons. The maximum atomic E-state index is 12.7. The minimum atomic E-state index is 0.0316. The quantitative estimate of drug-likeness (QED) is 0.918. The van der Waals surface area contributed by atoms with Crippen molar-refractivity contribution in [1.82, 2.24) is 20.1 Å². The Morgan fingerprint density at radius 2 is 2.17 bits per heavy atom. The van der Waals surface area contributed by atoms with Gasteiger partial charge in [0, 0.05) is 42.8 Å². The Morgan fingerprint density at radius 3 is 2.83 bits per heavy atom. The van der Waals surface area contributed by atoms with Crippen LogP contribution in [0.25, 0.3) is 0 Å². The van der Waals surface area contributed by atoms with Crippen molar-refractivity contribution in [3.05, 3.63) is 16.6 Å². The minimum Gasteiger partial charge on any atom is -0.329 e. The molecule has 0 spiro atoms. The summed E-state index contributed by atoms with van der Waals surface area (Å²) in [5.41, 5.74) is 0. The fraction of sp³-hybridized carbons (Fsp3) is 0.765. The van der Waals surface area contributed by atoms with Gasteiger partial charge in [0.15, 0.2) is 0 Å². The van der Waals surface area contributed by atoms with Crippen LogP contribution in [-0.2, 0) is 0 Å². The number of thiazole rings is 1. The highest BCUT2D eigenvalue weighted by Gasteiger charge is 2.39. The van der Waals surface area contributed by atoms with Crippen molar-refractivity contribution in [2.24, 2.45) is 0 Å².